The van der Waals surface area contributed by atoms with Gasteiger partial charge in [0.25, 0.3) is 0 Å². The van der Waals surface area contributed by atoms with Crippen molar-refractivity contribution in [2.45, 2.75) is 26.3 Å². The third-order valence-electron chi connectivity index (χ3n) is 2.40. The fourth-order valence-corrected chi connectivity index (χ4v) is 1.66. The SMILES string of the molecule is CNCc1ccn2c(C(C)C)nnc2c1. The molecule has 0 unspecified atom stereocenters. The van der Waals surface area contributed by atoms with Crippen LogP contribution >= 0.6 is 0 Å². The zero-order valence-corrected chi connectivity index (χ0v) is 9.36. The van der Waals surface area contributed by atoms with Crippen molar-refractivity contribution in [2.24, 2.45) is 0 Å². The zero-order valence-electron chi connectivity index (χ0n) is 9.36. The second kappa shape index (κ2) is 3.98. The van der Waals surface area contributed by atoms with Crippen molar-refractivity contribution in [3.05, 3.63) is 29.7 Å². The predicted octanol–water partition coefficient (Wildman–Crippen LogP) is 1.57. The van der Waals surface area contributed by atoms with Gasteiger partial charge in [0.1, 0.15) is 5.82 Å². The standard InChI is InChI=1S/C11H16N4/c1-8(2)11-14-13-10-6-9(7-12-3)4-5-15(10)11/h4-6,8,12H,7H2,1-3H3. The maximum atomic E-state index is 4.19. The summed E-state index contributed by atoms with van der Waals surface area (Å²) in [7, 11) is 1.94. The van der Waals surface area contributed by atoms with E-state index in [1.807, 2.05) is 17.6 Å². The molecule has 0 aliphatic carbocycles. The van der Waals surface area contributed by atoms with Crippen molar-refractivity contribution in [3.8, 4) is 0 Å². The van der Waals surface area contributed by atoms with Gasteiger partial charge in [-0.3, -0.25) is 4.40 Å². The monoisotopic (exact) mass is 204 g/mol. The number of nitrogens with one attached hydrogen (secondary N) is 1. The van der Waals surface area contributed by atoms with Gasteiger partial charge in [0, 0.05) is 18.7 Å². The second-order valence-electron chi connectivity index (χ2n) is 4.01. The molecule has 0 radical (unpaired) electrons. The van der Waals surface area contributed by atoms with Gasteiger partial charge in [-0.25, -0.2) is 0 Å². The van der Waals surface area contributed by atoms with Crippen LogP contribution in [0.1, 0.15) is 31.2 Å². The first kappa shape index (κ1) is 10.1. The van der Waals surface area contributed by atoms with Crippen LogP contribution in [0.15, 0.2) is 18.3 Å². The summed E-state index contributed by atoms with van der Waals surface area (Å²) < 4.78 is 2.05. The molecule has 0 amide bonds. The van der Waals surface area contributed by atoms with E-state index >= 15 is 0 Å². The maximum Gasteiger partial charge on any atom is 0.161 e. The molecule has 0 aromatic carbocycles. The van der Waals surface area contributed by atoms with Crippen LogP contribution in [0.3, 0.4) is 0 Å². The van der Waals surface area contributed by atoms with Gasteiger partial charge in [-0.15, -0.1) is 10.2 Å². The predicted molar refractivity (Wildman–Crippen MR) is 59.8 cm³/mol. The molecule has 4 nitrogen and oxygen atoms in total. The van der Waals surface area contributed by atoms with Gasteiger partial charge in [0.05, 0.1) is 0 Å². The van der Waals surface area contributed by atoms with Crippen molar-refractivity contribution in [2.75, 3.05) is 7.05 Å². The minimum absolute atomic E-state index is 0.398. The Balaban J connectivity index is 2.47. The highest BCUT2D eigenvalue weighted by Crippen LogP contribution is 2.14. The summed E-state index contributed by atoms with van der Waals surface area (Å²) in [5, 5.41) is 11.5. The van der Waals surface area contributed by atoms with E-state index in [1.54, 1.807) is 0 Å². The van der Waals surface area contributed by atoms with Gasteiger partial charge in [-0.1, -0.05) is 13.8 Å². The molecule has 2 aromatic heterocycles. The van der Waals surface area contributed by atoms with Crippen LogP contribution in [0.5, 0.6) is 0 Å². The summed E-state index contributed by atoms with van der Waals surface area (Å²) in [6, 6.07) is 4.16. The lowest BCUT2D eigenvalue weighted by Crippen LogP contribution is -2.05. The largest absolute Gasteiger partial charge is 0.316 e. The number of hydrogen-bond donors (Lipinski definition) is 1. The van der Waals surface area contributed by atoms with Gasteiger partial charge >= 0.3 is 0 Å². The lowest BCUT2D eigenvalue weighted by molar-refractivity contribution is 0.757. The van der Waals surface area contributed by atoms with Crippen molar-refractivity contribution in [1.82, 2.24) is 19.9 Å². The fraction of sp³-hybridized carbons (Fsp3) is 0.455. The molecule has 80 valence electrons. The number of hydrogen-bond acceptors (Lipinski definition) is 3. The van der Waals surface area contributed by atoms with E-state index in [1.165, 1.54) is 5.56 Å². The first-order chi connectivity index (χ1) is 7.22. The normalized spacial score (nSPS) is 11.5. The smallest absolute Gasteiger partial charge is 0.161 e. The third-order valence-corrected chi connectivity index (χ3v) is 2.40. The quantitative estimate of drug-likeness (QED) is 0.825. The van der Waals surface area contributed by atoms with E-state index in [4.69, 9.17) is 0 Å². The molecular formula is C11H16N4. The number of nitrogens with zero attached hydrogens (tertiary/aromatic N) is 3. The van der Waals surface area contributed by atoms with Crippen LogP contribution in [-0.2, 0) is 6.54 Å². The topological polar surface area (TPSA) is 42.2 Å². The molecule has 0 atom stereocenters. The van der Waals surface area contributed by atoms with Crippen molar-refractivity contribution in [3.63, 3.8) is 0 Å². The number of rotatable bonds is 3. The Morgan fingerprint density at radius 1 is 1.40 bits per heavy atom. The molecule has 0 aliphatic rings. The van der Waals surface area contributed by atoms with Crippen molar-refractivity contribution >= 4 is 5.65 Å². The van der Waals surface area contributed by atoms with Crippen LogP contribution in [0.25, 0.3) is 5.65 Å². The summed E-state index contributed by atoms with van der Waals surface area (Å²) in [4.78, 5) is 0. The summed E-state index contributed by atoms with van der Waals surface area (Å²) in [5.74, 6) is 1.41. The highest BCUT2D eigenvalue weighted by molar-refractivity contribution is 5.41. The number of pyridine rings is 1. The molecule has 2 rings (SSSR count). The van der Waals surface area contributed by atoms with E-state index in [9.17, 15) is 0 Å². The summed E-state index contributed by atoms with van der Waals surface area (Å²) in [6.07, 6.45) is 2.04. The Hall–Kier alpha value is -1.42. The first-order valence-corrected chi connectivity index (χ1v) is 5.20. The minimum Gasteiger partial charge on any atom is -0.316 e. The van der Waals surface area contributed by atoms with Crippen LogP contribution in [0.4, 0.5) is 0 Å². The van der Waals surface area contributed by atoms with Crippen LogP contribution in [0.2, 0.25) is 0 Å². The fourth-order valence-electron chi connectivity index (χ4n) is 1.66. The highest BCUT2D eigenvalue weighted by atomic mass is 15.2. The van der Waals surface area contributed by atoms with Crippen LogP contribution in [-0.4, -0.2) is 21.6 Å². The molecule has 15 heavy (non-hydrogen) atoms. The van der Waals surface area contributed by atoms with Gasteiger partial charge in [0.2, 0.25) is 0 Å². The molecule has 0 saturated carbocycles. The third kappa shape index (κ3) is 1.85. The van der Waals surface area contributed by atoms with Crippen LogP contribution in [0, 0.1) is 0 Å². The van der Waals surface area contributed by atoms with E-state index in [0.717, 1.165) is 18.0 Å². The van der Waals surface area contributed by atoms with Gasteiger partial charge < -0.3 is 5.32 Å². The molecule has 0 fully saturated rings. The van der Waals surface area contributed by atoms with Gasteiger partial charge in [-0.05, 0) is 24.7 Å². The zero-order chi connectivity index (χ0) is 10.8. The van der Waals surface area contributed by atoms with E-state index in [-0.39, 0.29) is 0 Å². The maximum absolute atomic E-state index is 4.19. The Morgan fingerprint density at radius 2 is 2.20 bits per heavy atom. The van der Waals surface area contributed by atoms with E-state index < -0.39 is 0 Å². The molecule has 2 heterocycles. The summed E-state index contributed by atoms with van der Waals surface area (Å²) in [6.45, 7) is 5.11. The Bertz CT molecular complexity index is 459. The molecule has 0 bridgehead atoms. The van der Waals surface area contributed by atoms with Gasteiger partial charge in [-0.2, -0.15) is 0 Å². The highest BCUT2D eigenvalue weighted by Gasteiger charge is 2.08. The lowest BCUT2D eigenvalue weighted by atomic mass is 10.2. The van der Waals surface area contributed by atoms with Gasteiger partial charge in [0.15, 0.2) is 5.65 Å². The lowest BCUT2D eigenvalue weighted by Gasteiger charge is -2.04. The molecule has 0 spiro atoms. The minimum atomic E-state index is 0.398. The average Bonchev–Trinajstić information content (AvgIpc) is 2.61. The Morgan fingerprint density at radius 3 is 2.87 bits per heavy atom. The molecule has 0 aliphatic heterocycles. The summed E-state index contributed by atoms with van der Waals surface area (Å²) >= 11 is 0. The number of aromatic nitrogens is 3. The Kier molecular flexibility index (Phi) is 2.68. The molecule has 1 N–H and O–H groups in total. The first-order valence-electron chi connectivity index (χ1n) is 5.20. The van der Waals surface area contributed by atoms with E-state index in [2.05, 4.69) is 41.5 Å². The molecule has 4 heteroatoms. The summed E-state index contributed by atoms with van der Waals surface area (Å²) in [5.41, 5.74) is 2.15. The van der Waals surface area contributed by atoms with Crippen molar-refractivity contribution < 1.29 is 0 Å². The second-order valence-corrected chi connectivity index (χ2v) is 4.01. The molecule has 2 aromatic rings. The molecule has 0 saturated heterocycles. The van der Waals surface area contributed by atoms with Crippen LogP contribution < -0.4 is 5.32 Å². The number of fused-ring (bicyclic) bond motifs is 1. The van der Waals surface area contributed by atoms with Crippen molar-refractivity contribution in [1.29, 1.82) is 0 Å². The Labute approximate surface area is 89.3 Å². The molecular weight excluding hydrogens is 188 g/mol. The van der Waals surface area contributed by atoms with E-state index in [0.29, 0.717) is 5.92 Å². The average molecular weight is 204 g/mol.